The van der Waals surface area contributed by atoms with E-state index in [2.05, 4.69) is 15.9 Å². The molecule has 0 unspecified atom stereocenters. The fourth-order valence-corrected chi connectivity index (χ4v) is 7.25. The number of thiophene rings is 1. The van der Waals surface area contributed by atoms with Gasteiger partial charge in [-0.2, -0.15) is 0 Å². The summed E-state index contributed by atoms with van der Waals surface area (Å²) in [6, 6.07) is 7.81. The number of likely N-dealkylation sites (tertiary alicyclic amines) is 1. The van der Waals surface area contributed by atoms with Gasteiger partial charge in [0.15, 0.2) is 23.1 Å². The normalized spacial score (nSPS) is 27.6. The Kier molecular flexibility index (Phi) is 5.46. The molecule has 0 bridgehead atoms. The maximum atomic E-state index is 14.4. The molecule has 2 amide bonds. The van der Waals surface area contributed by atoms with E-state index in [0.717, 1.165) is 10.9 Å². The topological polar surface area (TPSA) is 91.8 Å². The Bertz CT molecular complexity index is 1460. The molecular formula is C27H19BrFNO5S. The number of hydrogen-bond donors (Lipinski definition) is 1. The first-order valence-corrected chi connectivity index (χ1v) is 13.2. The van der Waals surface area contributed by atoms with Gasteiger partial charge in [-0.05, 0) is 52.2 Å². The molecule has 182 valence electrons. The second kappa shape index (κ2) is 8.45. The van der Waals surface area contributed by atoms with Gasteiger partial charge in [0.05, 0.1) is 22.9 Å². The van der Waals surface area contributed by atoms with Crippen molar-refractivity contribution in [3.8, 4) is 5.75 Å². The molecule has 1 aromatic heterocycles. The number of Topliss-reactive ketones (excluding diaryl/α,β-unsaturated/α-hetero) is 1. The van der Waals surface area contributed by atoms with Crippen LogP contribution in [-0.2, 0) is 25.7 Å². The highest BCUT2D eigenvalue weighted by atomic mass is 79.9. The Morgan fingerprint density at radius 3 is 2.64 bits per heavy atom. The van der Waals surface area contributed by atoms with Crippen LogP contribution >= 0.6 is 27.3 Å². The minimum Gasteiger partial charge on any atom is -0.505 e. The molecule has 1 aromatic carbocycles. The molecule has 3 aliphatic carbocycles. The van der Waals surface area contributed by atoms with Gasteiger partial charge in [-0.3, -0.25) is 24.1 Å². The maximum absolute atomic E-state index is 14.4. The number of carbonyl (C=O) groups is 4. The Morgan fingerprint density at radius 2 is 1.89 bits per heavy atom. The van der Waals surface area contributed by atoms with Crippen molar-refractivity contribution in [3.05, 3.63) is 85.3 Å². The lowest BCUT2D eigenvalue weighted by Gasteiger charge is -2.42. The highest BCUT2D eigenvalue weighted by Crippen LogP contribution is 2.56. The van der Waals surface area contributed by atoms with Gasteiger partial charge in [0.25, 0.3) is 0 Å². The molecule has 1 saturated heterocycles. The van der Waals surface area contributed by atoms with Crippen molar-refractivity contribution >= 4 is 50.6 Å². The first-order chi connectivity index (χ1) is 17.3. The third-order valence-electron chi connectivity index (χ3n) is 7.65. The van der Waals surface area contributed by atoms with Crippen LogP contribution in [0.1, 0.15) is 29.2 Å². The molecule has 0 spiro atoms. The van der Waals surface area contributed by atoms with Crippen molar-refractivity contribution in [3.63, 3.8) is 0 Å². The van der Waals surface area contributed by atoms with Gasteiger partial charge in [-0.15, -0.1) is 11.3 Å². The quantitative estimate of drug-likeness (QED) is 0.333. The predicted molar refractivity (Wildman–Crippen MR) is 133 cm³/mol. The van der Waals surface area contributed by atoms with Crippen molar-refractivity contribution in [2.45, 2.75) is 25.3 Å². The molecule has 2 heterocycles. The van der Waals surface area contributed by atoms with Gasteiger partial charge in [0.2, 0.25) is 11.8 Å². The Balaban J connectivity index is 1.48. The number of allylic oxidation sites excluding steroid dienone is 6. The van der Waals surface area contributed by atoms with E-state index in [1.54, 1.807) is 0 Å². The molecule has 1 fully saturated rings. The van der Waals surface area contributed by atoms with Gasteiger partial charge < -0.3 is 5.11 Å². The van der Waals surface area contributed by atoms with Crippen LogP contribution in [0.5, 0.6) is 5.75 Å². The zero-order valence-corrected chi connectivity index (χ0v) is 21.1. The SMILES string of the molecule is O=C1C=C(Br)C(=O)C2=C1[C@@H](c1cccc(F)c1O)C1=CC[C@@H]3C(=O)N(Cc4cccs4)C(=O)[C@@H]3[C@@H]1C2. The minimum atomic E-state index is -0.891. The van der Waals surface area contributed by atoms with Crippen molar-refractivity contribution < 1.29 is 28.7 Å². The lowest BCUT2D eigenvalue weighted by Crippen LogP contribution is -2.39. The lowest BCUT2D eigenvalue weighted by molar-refractivity contribution is -0.140. The summed E-state index contributed by atoms with van der Waals surface area (Å²) in [5.41, 5.74) is 1.26. The summed E-state index contributed by atoms with van der Waals surface area (Å²) in [6.45, 7) is 0.193. The number of ketones is 2. The predicted octanol–water partition coefficient (Wildman–Crippen LogP) is 4.56. The Labute approximate surface area is 217 Å². The third kappa shape index (κ3) is 3.33. The zero-order chi connectivity index (χ0) is 25.3. The number of aromatic hydroxyl groups is 1. The fourth-order valence-electron chi connectivity index (χ4n) is 6.11. The van der Waals surface area contributed by atoms with E-state index in [9.17, 15) is 28.7 Å². The summed E-state index contributed by atoms with van der Waals surface area (Å²) in [5, 5.41) is 12.5. The Hall–Kier alpha value is -3.17. The van der Waals surface area contributed by atoms with Crippen LogP contribution in [0.15, 0.2) is 69.1 Å². The molecule has 6 nitrogen and oxygen atoms in total. The van der Waals surface area contributed by atoms with Gasteiger partial charge >= 0.3 is 0 Å². The van der Waals surface area contributed by atoms with E-state index in [0.29, 0.717) is 12.0 Å². The Morgan fingerprint density at radius 1 is 1.08 bits per heavy atom. The number of para-hydroxylation sites is 1. The number of phenolic OH excluding ortho intramolecular Hbond substituents is 1. The number of amides is 2. The minimum absolute atomic E-state index is 0.112. The van der Waals surface area contributed by atoms with Crippen molar-refractivity contribution in [2.75, 3.05) is 0 Å². The molecule has 2 aromatic rings. The average Bonchev–Trinajstić information content (AvgIpc) is 3.46. The van der Waals surface area contributed by atoms with E-state index >= 15 is 0 Å². The number of halogens is 2. The van der Waals surface area contributed by atoms with E-state index in [1.165, 1.54) is 34.4 Å². The molecule has 1 N–H and O–H groups in total. The standard InChI is InChI=1S/C27H19BrFNO5S/c28-18-10-20(31)23-17(24(18)32)9-16-13(21(23)14-4-1-5-19(29)25(14)33)6-7-15-22(16)27(35)30(26(15)34)11-12-3-2-8-36-12/h1-6,8,10,15-16,21-22,33H,7,9,11H2/t15-,16+,21+,22-/m0/s1. The van der Waals surface area contributed by atoms with E-state index in [1.807, 2.05) is 23.6 Å². The van der Waals surface area contributed by atoms with E-state index < -0.39 is 41.0 Å². The summed E-state index contributed by atoms with van der Waals surface area (Å²) < 4.78 is 14.5. The number of fused-ring (bicyclic) bond motifs is 3. The number of imide groups is 1. The summed E-state index contributed by atoms with van der Waals surface area (Å²) in [4.78, 5) is 55.5. The number of nitrogens with zero attached hydrogens (tertiary/aromatic N) is 1. The second-order valence-electron chi connectivity index (χ2n) is 9.41. The third-order valence-corrected chi connectivity index (χ3v) is 9.10. The number of benzene rings is 1. The fraction of sp³-hybridized carbons (Fsp3) is 0.259. The summed E-state index contributed by atoms with van der Waals surface area (Å²) in [5.74, 6) is -5.45. The largest absolute Gasteiger partial charge is 0.505 e. The van der Waals surface area contributed by atoms with Crippen LogP contribution in [0, 0.1) is 23.6 Å². The van der Waals surface area contributed by atoms with Crippen LogP contribution in [0.3, 0.4) is 0 Å². The van der Waals surface area contributed by atoms with Crippen LogP contribution in [0.4, 0.5) is 4.39 Å². The summed E-state index contributed by atoms with van der Waals surface area (Å²) >= 11 is 4.63. The number of phenols is 1. The van der Waals surface area contributed by atoms with Crippen LogP contribution in [0.2, 0.25) is 0 Å². The average molecular weight is 568 g/mol. The van der Waals surface area contributed by atoms with Gasteiger partial charge in [0.1, 0.15) is 0 Å². The number of carbonyl (C=O) groups excluding carboxylic acids is 4. The summed E-state index contributed by atoms with van der Waals surface area (Å²) in [7, 11) is 0. The molecule has 4 atom stereocenters. The van der Waals surface area contributed by atoms with Crippen LogP contribution in [0.25, 0.3) is 0 Å². The van der Waals surface area contributed by atoms with Gasteiger partial charge in [-0.25, -0.2) is 4.39 Å². The number of hydrogen-bond acceptors (Lipinski definition) is 6. The highest BCUT2D eigenvalue weighted by Gasteiger charge is 2.56. The monoisotopic (exact) mass is 567 g/mol. The van der Waals surface area contributed by atoms with E-state index in [4.69, 9.17) is 0 Å². The smallest absolute Gasteiger partial charge is 0.234 e. The van der Waals surface area contributed by atoms with E-state index in [-0.39, 0.29) is 51.8 Å². The van der Waals surface area contributed by atoms with Crippen molar-refractivity contribution in [1.29, 1.82) is 0 Å². The maximum Gasteiger partial charge on any atom is 0.234 e. The molecule has 1 aliphatic heterocycles. The molecule has 36 heavy (non-hydrogen) atoms. The van der Waals surface area contributed by atoms with Crippen molar-refractivity contribution in [1.82, 2.24) is 4.90 Å². The first-order valence-electron chi connectivity index (χ1n) is 11.5. The number of rotatable bonds is 3. The molecule has 0 radical (unpaired) electrons. The lowest BCUT2D eigenvalue weighted by atomic mass is 9.59. The highest BCUT2D eigenvalue weighted by molar-refractivity contribution is 9.12. The molecule has 0 saturated carbocycles. The molecule has 9 heteroatoms. The zero-order valence-electron chi connectivity index (χ0n) is 18.7. The van der Waals surface area contributed by atoms with Gasteiger partial charge in [0, 0.05) is 33.6 Å². The van der Waals surface area contributed by atoms with Crippen LogP contribution < -0.4 is 0 Å². The van der Waals surface area contributed by atoms with Crippen molar-refractivity contribution in [2.24, 2.45) is 17.8 Å². The second-order valence-corrected chi connectivity index (χ2v) is 11.3. The molecular weight excluding hydrogens is 549 g/mol. The first kappa shape index (κ1) is 23.2. The molecule has 6 rings (SSSR count). The summed E-state index contributed by atoms with van der Waals surface area (Å²) in [6.07, 6.45) is 3.45. The van der Waals surface area contributed by atoms with Crippen LogP contribution in [-0.4, -0.2) is 33.4 Å². The molecule has 4 aliphatic rings. The van der Waals surface area contributed by atoms with Gasteiger partial charge in [-0.1, -0.05) is 29.8 Å².